The van der Waals surface area contributed by atoms with Crippen LogP contribution in [0.1, 0.15) is 54.5 Å². The van der Waals surface area contributed by atoms with E-state index in [9.17, 15) is 27.2 Å². The summed E-state index contributed by atoms with van der Waals surface area (Å²) in [6, 6.07) is 4.54. The molecule has 10 heteroatoms. The zero-order valence-corrected chi connectivity index (χ0v) is 14.4. The third kappa shape index (κ3) is 4.04. The van der Waals surface area contributed by atoms with Gasteiger partial charge in [0.2, 0.25) is 5.91 Å². The van der Waals surface area contributed by atoms with Gasteiger partial charge in [-0.1, -0.05) is 11.6 Å². The van der Waals surface area contributed by atoms with E-state index in [4.69, 9.17) is 11.6 Å². The van der Waals surface area contributed by atoms with Gasteiger partial charge in [-0.25, -0.2) is 22.2 Å². The topological polar surface area (TPSA) is 64.0 Å². The maximum atomic E-state index is 13.2. The van der Waals surface area contributed by atoms with Gasteiger partial charge in [-0.3, -0.25) is 9.59 Å². The van der Waals surface area contributed by atoms with E-state index in [0.717, 1.165) is 0 Å². The molecule has 5 nitrogen and oxygen atoms in total. The minimum absolute atomic E-state index is 0.163. The number of Topliss-reactive ketones (excluding diaryl/α,β-unsaturated/α-hetero) is 1. The van der Waals surface area contributed by atoms with Crippen molar-refractivity contribution in [2.24, 2.45) is 0 Å². The second-order valence-corrected chi connectivity index (χ2v) is 5.81. The molecule has 26 heavy (non-hydrogen) atoms. The summed E-state index contributed by atoms with van der Waals surface area (Å²) in [5.74, 6) is -0.925. The number of nitrogens with zero attached hydrogens (tertiary/aromatic N) is 2. The molecule has 0 saturated carbocycles. The third-order valence-corrected chi connectivity index (χ3v) is 4.02. The average Bonchev–Trinajstić information content (AvgIpc) is 2.92. The van der Waals surface area contributed by atoms with Crippen LogP contribution in [0.5, 0.6) is 0 Å². The molecule has 2 aromatic rings. The molecule has 1 aromatic carbocycles. The number of carbonyl (C=O) groups excluding carboxylic acids is 2. The van der Waals surface area contributed by atoms with Gasteiger partial charge >= 0.3 is 0 Å². The summed E-state index contributed by atoms with van der Waals surface area (Å²) in [6.07, 6.45) is -6.34. The molecule has 0 fully saturated rings. The second-order valence-electron chi connectivity index (χ2n) is 5.43. The Bertz CT molecular complexity index is 822. The van der Waals surface area contributed by atoms with Crippen molar-refractivity contribution in [2.45, 2.75) is 32.7 Å². The maximum absolute atomic E-state index is 13.2. The zero-order valence-electron chi connectivity index (χ0n) is 13.6. The van der Waals surface area contributed by atoms with E-state index in [1.54, 1.807) is 0 Å². The highest BCUT2D eigenvalue weighted by molar-refractivity contribution is 6.32. The lowest BCUT2D eigenvalue weighted by Crippen LogP contribution is -2.26. The predicted octanol–water partition coefficient (Wildman–Crippen LogP) is 4.81. The van der Waals surface area contributed by atoms with E-state index in [1.807, 2.05) is 0 Å². The molecule has 2 rings (SSSR count). The highest BCUT2D eigenvalue weighted by Gasteiger charge is 2.31. The number of halogens is 5. The number of nitrogens with one attached hydrogen (secondary N) is 1. The van der Waals surface area contributed by atoms with E-state index in [1.165, 1.54) is 38.1 Å². The van der Waals surface area contributed by atoms with Crippen LogP contribution in [0.15, 0.2) is 24.3 Å². The van der Waals surface area contributed by atoms with Crippen molar-refractivity contribution >= 4 is 29.0 Å². The van der Waals surface area contributed by atoms with Gasteiger partial charge in [-0.15, -0.1) is 0 Å². The van der Waals surface area contributed by atoms with E-state index in [0.29, 0.717) is 15.9 Å². The van der Waals surface area contributed by atoms with Crippen molar-refractivity contribution in [1.29, 1.82) is 0 Å². The Labute approximate surface area is 150 Å². The smallest absolute Gasteiger partial charge is 0.283 e. The first-order valence-corrected chi connectivity index (χ1v) is 7.77. The van der Waals surface area contributed by atoms with Crippen LogP contribution in [0.3, 0.4) is 0 Å². The largest absolute Gasteiger partial charge is 0.324 e. The number of benzene rings is 1. The third-order valence-electron chi connectivity index (χ3n) is 3.63. The lowest BCUT2D eigenvalue weighted by atomic mass is 10.1. The van der Waals surface area contributed by atoms with Crippen LogP contribution in [0.4, 0.5) is 23.2 Å². The fourth-order valence-electron chi connectivity index (χ4n) is 2.22. The molecular weight excluding hydrogens is 378 g/mol. The number of carbonyl (C=O) groups is 2. The first-order valence-electron chi connectivity index (χ1n) is 7.39. The Kier molecular flexibility index (Phi) is 6.01. The Morgan fingerprint density at radius 1 is 1.12 bits per heavy atom. The van der Waals surface area contributed by atoms with Crippen LogP contribution in [-0.2, 0) is 4.79 Å². The van der Waals surface area contributed by atoms with E-state index >= 15 is 0 Å². The summed E-state index contributed by atoms with van der Waals surface area (Å²) < 4.78 is 52.6. The molecule has 0 aliphatic carbocycles. The number of aromatic nitrogens is 2. The van der Waals surface area contributed by atoms with Gasteiger partial charge in [0.15, 0.2) is 5.78 Å². The normalized spacial score (nSPS) is 12.5. The van der Waals surface area contributed by atoms with Gasteiger partial charge in [0.05, 0.1) is 5.02 Å². The number of anilines is 1. The van der Waals surface area contributed by atoms with Gasteiger partial charge in [0.1, 0.15) is 17.4 Å². The number of ketones is 1. The van der Waals surface area contributed by atoms with Crippen molar-refractivity contribution in [2.75, 3.05) is 5.32 Å². The molecule has 1 N–H and O–H groups in total. The van der Waals surface area contributed by atoms with Crippen molar-refractivity contribution in [3.8, 4) is 0 Å². The molecule has 0 spiro atoms. The van der Waals surface area contributed by atoms with Crippen LogP contribution >= 0.6 is 11.6 Å². The van der Waals surface area contributed by atoms with Crippen LogP contribution in [0.2, 0.25) is 5.02 Å². The van der Waals surface area contributed by atoms with E-state index in [2.05, 4.69) is 10.4 Å². The molecule has 1 atom stereocenters. The number of hydrogen-bond donors (Lipinski definition) is 1. The SMILES string of the molecule is CC(=O)c1ccc(NC(=O)C(C)n2nc(C(F)F)c(Cl)c2C(F)F)cc1. The maximum Gasteiger partial charge on any atom is 0.283 e. The summed E-state index contributed by atoms with van der Waals surface area (Å²) in [7, 11) is 0. The van der Waals surface area contributed by atoms with Gasteiger partial charge in [-0.05, 0) is 38.1 Å². The van der Waals surface area contributed by atoms with Gasteiger partial charge < -0.3 is 5.32 Å². The lowest BCUT2D eigenvalue weighted by Gasteiger charge is -2.15. The minimum atomic E-state index is -3.19. The fourth-order valence-corrected chi connectivity index (χ4v) is 2.51. The summed E-state index contributed by atoms with van der Waals surface area (Å²) in [5, 5.41) is 4.96. The highest BCUT2D eigenvalue weighted by Crippen LogP contribution is 2.36. The molecule has 0 saturated heterocycles. The quantitative estimate of drug-likeness (QED) is 0.567. The van der Waals surface area contributed by atoms with Crippen LogP contribution in [0, 0.1) is 0 Å². The molecule has 1 amide bonds. The second kappa shape index (κ2) is 7.86. The zero-order chi connectivity index (χ0) is 19.6. The molecule has 0 aliphatic heterocycles. The molecule has 0 bridgehead atoms. The van der Waals surface area contributed by atoms with E-state index < -0.39 is 41.2 Å². The Morgan fingerprint density at radius 3 is 2.15 bits per heavy atom. The van der Waals surface area contributed by atoms with Gasteiger partial charge in [-0.2, -0.15) is 5.10 Å². The molecule has 1 heterocycles. The Balaban J connectivity index is 2.27. The molecule has 0 radical (unpaired) electrons. The molecule has 1 unspecified atom stereocenters. The summed E-state index contributed by atoms with van der Waals surface area (Å²) in [4.78, 5) is 23.5. The fraction of sp³-hybridized carbons (Fsp3) is 0.312. The molecular formula is C16H14ClF4N3O2. The Hall–Kier alpha value is -2.42. The molecule has 1 aromatic heterocycles. The standard InChI is InChI=1S/C16H14ClF4N3O2/c1-7(16(26)22-10-5-3-9(4-6-10)8(2)25)24-13(15(20)21)11(17)12(23-24)14(18)19/h3-7,14-15H,1-2H3,(H,22,26). The number of hydrogen-bond acceptors (Lipinski definition) is 3. The van der Waals surface area contributed by atoms with Crippen LogP contribution in [0.25, 0.3) is 0 Å². The summed E-state index contributed by atoms with van der Waals surface area (Å²) in [6.45, 7) is 2.60. The number of alkyl halides is 4. The number of rotatable bonds is 6. The lowest BCUT2D eigenvalue weighted by molar-refractivity contribution is -0.119. The van der Waals surface area contributed by atoms with Gasteiger partial charge in [0.25, 0.3) is 12.9 Å². The monoisotopic (exact) mass is 391 g/mol. The average molecular weight is 392 g/mol. The first kappa shape index (κ1) is 19.9. The summed E-state index contributed by atoms with van der Waals surface area (Å²) >= 11 is 5.57. The first-order chi connectivity index (χ1) is 12.1. The van der Waals surface area contributed by atoms with Crippen molar-refractivity contribution in [3.63, 3.8) is 0 Å². The van der Waals surface area contributed by atoms with Crippen LogP contribution in [-0.4, -0.2) is 21.5 Å². The van der Waals surface area contributed by atoms with Gasteiger partial charge in [0, 0.05) is 11.3 Å². The van der Waals surface area contributed by atoms with E-state index in [-0.39, 0.29) is 5.78 Å². The number of amides is 1. The van der Waals surface area contributed by atoms with Crippen molar-refractivity contribution < 1.29 is 27.2 Å². The van der Waals surface area contributed by atoms with Crippen LogP contribution < -0.4 is 5.32 Å². The molecule has 140 valence electrons. The summed E-state index contributed by atoms with van der Waals surface area (Å²) in [5.41, 5.74) is -1.22. The van der Waals surface area contributed by atoms with Crippen molar-refractivity contribution in [1.82, 2.24) is 9.78 Å². The predicted molar refractivity (Wildman–Crippen MR) is 86.9 cm³/mol. The Morgan fingerprint density at radius 2 is 1.69 bits per heavy atom. The molecule has 0 aliphatic rings. The highest BCUT2D eigenvalue weighted by atomic mass is 35.5. The minimum Gasteiger partial charge on any atom is -0.324 e. The van der Waals surface area contributed by atoms with Crippen molar-refractivity contribution in [3.05, 3.63) is 46.2 Å².